The molecule has 0 atom stereocenters. The van der Waals surface area contributed by atoms with Crippen LogP contribution in [0.5, 0.6) is 0 Å². The molecule has 1 rings (SSSR count). The van der Waals surface area contributed by atoms with Gasteiger partial charge in [0.2, 0.25) is 10.0 Å². The highest BCUT2D eigenvalue weighted by atomic mass is 79.9. The van der Waals surface area contributed by atoms with E-state index in [2.05, 4.69) is 20.7 Å². The molecule has 0 aliphatic carbocycles. The van der Waals surface area contributed by atoms with Gasteiger partial charge in [-0.3, -0.25) is 0 Å². The van der Waals surface area contributed by atoms with E-state index in [1.54, 1.807) is 19.2 Å². The first kappa shape index (κ1) is 18.5. The number of sulfonamides is 1. The summed E-state index contributed by atoms with van der Waals surface area (Å²) in [6.45, 7) is 1.65. The molecule has 0 radical (unpaired) electrons. The Balaban J connectivity index is 2.46. The summed E-state index contributed by atoms with van der Waals surface area (Å²) in [6.07, 6.45) is 0.579. The van der Waals surface area contributed by atoms with Crippen LogP contribution in [-0.4, -0.2) is 47.0 Å². The predicted molar refractivity (Wildman–Crippen MR) is 82.6 cm³/mol. The zero-order valence-electron chi connectivity index (χ0n) is 11.8. The third-order valence-corrected chi connectivity index (χ3v) is 5.10. The number of rotatable bonds is 10. The molecular weight excluding hydrogens is 362 g/mol. The number of halogens is 1. The molecule has 21 heavy (non-hydrogen) atoms. The molecule has 1 aromatic carbocycles. The molecule has 0 amide bonds. The molecular formula is C13H20BrNO5S. The van der Waals surface area contributed by atoms with Crippen LogP contribution in [0.15, 0.2) is 27.6 Å². The fourth-order valence-corrected chi connectivity index (χ4v) is 3.76. The van der Waals surface area contributed by atoms with Gasteiger partial charge in [0.25, 0.3) is 0 Å². The van der Waals surface area contributed by atoms with Gasteiger partial charge in [-0.05, 0) is 40.0 Å². The minimum absolute atomic E-state index is 0.134. The Labute approximate surface area is 133 Å². The number of aliphatic hydroxyl groups is 1. The SMILES string of the molecule is COCCOCCCNS(=O)(=O)c1ccc(CO)cc1Br. The van der Waals surface area contributed by atoms with E-state index >= 15 is 0 Å². The van der Waals surface area contributed by atoms with Crippen LogP contribution in [0.25, 0.3) is 0 Å². The van der Waals surface area contributed by atoms with Gasteiger partial charge in [0.1, 0.15) is 0 Å². The normalized spacial score (nSPS) is 11.8. The highest BCUT2D eigenvalue weighted by Crippen LogP contribution is 2.23. The number of ether oxygens (including phenoxy) is 2. The quantitative estimate of drug-likeness (QED) is 0.596. The lowest BCUT2D eigenvalue weighted by Gasteiger charge is -2.09. The predicted octanol–water partition coefficient (Wildman–Crippen LogP) is 1.27. The first-order chi connectivity index (χ1) is 10.0. The van der Waals surface area contributed by atoms with Gasteiger partial charge in [0, 0.05) is 24.7 Å². The van der Waals surface area contributed by atoms with Crippen molar-refractivity contribution in [2.45, 2.75) is 17.9 Å². The van der Waals surface area contributed by atoms with Gasteiger partial charge < -0.3 is 14.6 Å². The Hall–Kier alpha value is -0.510. The minimum Gasteiger partial charge on any atom is -0.392 e. The van der Waals surface area contributed by atoms with Crippen LogP contribution in [0.3, 0.4) is 0 Å². The molecule has 2 N–H and O–H groups in total. The molecule has 6 nitrogen and oxygen atoms in total. The van der Waals surface area contributed by atoms with Crippen molar-refractivity contribution in [2.75, 3.05) is 33.5 Å². The summed E-state index contributed by atoms with van der Waals surface area (Å²) in [5.74, 6) is 0. The minimum atomic E-state index is -3.57. The van der Waals surface area contributed by atoms with Crippen LogP contribution in [-0.2, 0) is 26.1 Å². The second kappa shape index (κ2) is 9.50. The molecule has 0 saturated heterocycles. The van der Waals surface area contributed by atoms with Gasteiger partial charge in [-0.15, -0.1) is 0 Å². The smallest absolute Gasteiger partial charge is 0.241 e. The summed E-state index contributed by atoms with van der Waals surface area (Å²) >= 11 is 3.21. The maximum Gasteiger partial charge on any atom is 0.241 e. The highest BCUT2D eigenvalue weighted by molar-refractivity contribution is 9.10. The average Bonchev–Trinajstić information content (AvgIpc) is 2.45. The van der Waals surface area contributed by atoms with Crippen LogP contribution in [0, 0.1) is 0 Å². The Bertz CT molecular complexity index is 535. The molecule has 0 saturated carbocycles. The molecule has 0 aliphatic heterocycles. The molecule has 0 spiro atoms. The van der Waals surface area contributed by atoms with Crippen LogP contribution >= 0.6 is 15.9 Å². The molecule has 0 unspecified atom stereocenters. The van der Waals surface area contributed by atoms with E-state index in [0.717, 1.165) is 0 Å². The van der Waals surface area contributed by atoms with E-state index in [9.17, 15) is 8.42 Å². The van der Waals surface area contributed by atoms with Crippen molar-refractivity contribution in [1.82, 2.24) is 4.72 Å². The third kappa shape index (κ3) is 6.41. The second-order valence-corrected chi connectivity index (χ2v) is 6.87. The first-order valence-electron chi connectivity index (χ1n) is 6.47. The largest absolute Gasteiger partial charge is 0.392 e. The molecule has 8 heteroatoms. The van der Waals surface area contributed by atoms with E-state index in [1.165, 1.54) is 6.07 Å². The number of hydrogen-bond acceptors (Lipinski definition) is 5. The lowest BCUT2D eigenvalue weighted by Crippen LogP contribution is -2.26. The summed E-state index contributed by atoms with van der Waals surface area (Å²) in [6, 6.07) is 4.63. The topological polar surface area (TPSA) is 84.9 Å². The summed E-state index contributed by atoms with van der Waals surface area (Å²) in [5, 5.41) is 9.01. The van der Waals surface area contributed by atoms with E-state index in [1.807, 2.05) is 0 Å². The first-order valence-corrected chi connectivity index (χ1v) is 8.74. The number of aliphatic hydroxyl groups excluding tert-OH is 1. The van der Waals surface area contributed by atoms with E-state index in [4.69, 9.17) is 14.6 Å². The van der Waals surface area contributed by atoms with Crippen molar-refractivity contribution < 1.29 is 23.0 Å². The lowest BCUT2D eigenvalue weighted by atomic mass is 10.2. The zero-order chi connectivity index (χ0) is 15.7. The highest BCUT2D eigenvalue weighted by Gasteiger charge is 2.17. The molecule has 0 aliphatic rings. The van der Waals surface area contributed by atoms with E-state index in [0.29, 0.717) is 42.8 Å². The maximum atomic E-state index is 12.1. The van der Waals surface area contributed by atoms with E-state index < -0.39 is 10.0 Å². The van der Waals surface area contributed by atoms with Gasteiger partial charge in [-0.1, -0.05) is 6.07 Å². The summed E-state index contributed by atoms with van der Waals surface area (Å²) in [4.78, 5) is 0.153. The summed E-state index contributed by atoms with van der Waals surface area (Å²) in [5.41, 5.74) is 0.646. The standard InChI is InChI=1S/C13H20BrNO5S/c1-19-7-8-20-6-2-5-15-21(17,18)13-4-3-11(10-16)9-12(13)14/h3-4,9,15-16H,2,5-8,10H2,1H3. The number of methoxy groups -OCH3 is 1. The van der Waals surface area contributed by atoms with Crippen molar-refractivity contribution in [1.29, 1.82) is 0 Å². The lowest BCUT2D eigenvalue weighted by molar-refractivity contribution is 0.0699. The average molecular weight is 382 g/mol. The molecule has 0 aromatic heterocycles. The molecule has 1 aromatic rings. The summed E-state index contributed by atoms with van der Waals surface area (Å²) in [7, 11) is -1.98. The number of benzene rings is 1. The zero-order valence-corrected chi connectivity index (χ0v) is 14.2. The van der Waals surface area contributed by atoms with Crippen LogP contribution < -0.4 is 4.72 Å². The Morgan fingerprint density at radius 3 is 2.67 bits per heavy atom. The molecule has 120 valence electrons. The Kier molecular flexibility index (Phi) is 8.38. The van der Waals surface area contributed by atoms with Gasteiger partial charge in [-0.25, -0.2) is 13.1 Å². The molecule has 0 fully saturated rings. The van der Waals surface area contributed by atoms with Crippen molar-refractivity contribution >= 4 is 26.0 Å². The van der Waals surface area contributed by atoms with Crippen molar-refractivity contribution in [3.05, 3.63) is 28.2 Å². The van der Waals surface area contributed by atoms with Gasteiger partial charge >= 0.3 is 0 Å². The van der Waals surface area contributed by atoms with Crippen LogP contribution in [0.1, 0.15) is 12.0 Å². The fraction of sp³-hybridized carbons (Fsp3) is 0.538. The van der Waals surface area contributed by atoms with Crippen molar-refractivity contribution in [3.8, 4) is 0 Å². The van der Waals surface area contributed by atoms with Crippen LogP contribution in [0.2, 0.25) is 0 Å². The fourth-order valence-electron chi connectivity index (χ4n) is 1.56. The third-order valence-electron chi connectivity index (χ3n) is 2.66. The maximum absolute atomic E-state index is 12.1. The van der Waals surface area contributed by atoms with E-state index in [-0.39, 0.29) is 11.5 Å². The van der Waals surface area contributed by atoms with Crippen LogP contribution in [0.4, 0.5) is 0 Å². The van der Waals surface area contributed by atoms with Crippen molar-refractivity contribution in [2.24, 2.45) is 0 Å². The number of hydrogen-bond donors (Lipinski definition) is 2. The monoisotopic (exact) mass is 381 g/mol. The van der Waals surface area contributed by atoms with Gasteiger partial charge in [0.15, 0.2) is 0 Å². The second-order valence-electron chi connectivity index (χ2n) is 4.28. The Morgan fingerprint density at radius 1 is 1.29 bits per heavy atom. The Morgan fingerprint density at radius 2 is 2.05 bits per heavy atom. The number of nitrogens with one attached hydrogen (secondary N) is 1. The molecule has 0 bridgehead atoms. The van der Waals surface area contributed by atoms with Crippen molar-refractivity contribution in [3.63, 3.8) is 0 Å². The van der Waals surface area contributed by atoms with Gasteiger partial charge in [0.05, 0.1) is 24.7 Å². The van der Waals surface area contributed by atoms with Gasteiger partial charge in [-0.2, -0.15) is 0 Å². The molecule has 0 heterocycles. The summed E-state index contributed by atoms with van der Waals surface area (Å²) < 4.78 is 37.3.